The highest BCUT2D eigenvalue weighted by Gasteiger charge is 2.11. The highest BCUT2D eigenvalue weighted by atomic mass is 79.9. The van der Waals surface area contributed by atoms with Crippen LogP contribution in [0.15, 0.2) is 76.3 Å². The topological polar surface area (TPSA) is 89.0 Å². The van der Waals surface area contributed by atoms with E-state index in [0.29, 0.717) is 23.7 Å². The van der Waals surface area contributed by atoms with Gasteiger partial charge in [-0.15, -0.1) is 0 Å². The van der Waals surface area contributed by atoms with Crippen molar-refractivity contribution in [3.63, 3.8) is 0 Å². The molecule has 0 saturated heterocycles. The molecule has 0 aliphatic rings. The van der Waals surface area contributed by atoms with Crippen molar-refractivity contribution in [3.8, 4) is 11.5 Å². The van der Waals surface area contributed by atoms with Crippen molar-refractivity contribution in [2.45, 2.75) is 13.0 Å². The molecule has 0 unspecified atom stereocenters. The molecule has 0 atom stereocenters. The molecule has 0 aromatic heterocycles. The van der Waals surface area contributed by atoms with Gasteiger partial charge in [0.15, 0.2) is 11.5 Å². The van der Waals surface area contributed by atoms with E-state index in [1.165, 1.54) is 24.4 Å². The number of hydrazone groups is 1. The molecule has 7 nitrogen and oxygen atoms in total. The number of methoxy groups -OCH3 is 1. The van der Waals surface area contributed by atoms with Crippen molar-refractivity contribution in [1.82, 2.24) is 10.7 Å². The molecule has 3 aromatic rings. The van der Waals surface area contributed by atoms with Crippen molar-refractivity contribution in [1.29, 1.82) is 0 Å². The lowest BCUT2D eigenvalue weighted by atomic mass is 10.2. The Morgan fingerprint density at radius 1 is 1.06 bits per heavy atom. The second-order valence-electron chi connectivity index (χ2n) is 7.10. The van der Waals surface area contributed by atoms with Gasteiger partial charge in [0.1, 0.15) is 12.4 Å². The maximum absolute atomic E-state index is 13.6. The molecule has 0 saturated carbocycles. The fraction of sp³-hybridized carbons (Fsp3) is 0.160. The summed E-state index contributed by atoms with van der Waals surface area (Å²) in [7, 11) is 1.54. The summed E-state index contributed by atoms with van der Waals surface area (Å²) in [4.78, 5) is 23.9. The number of halogens is 2. The summed E-state index contributed by atoms with van der Waals surface area (Å²) in [6.45, 7) is 0.438. The average Bonchev–Trinajstić information content (AvgIpc) is 2.84. The number of rotatable bonds is 10. The van der Waals surface area contributed by atoms with Gasteiger partial charge in [0.2, 0.25) is 5.91 Å². The second-order valence-corrected chi connectivity index (χ2v) is 8.02. The fourth-order valence-electron chi connectivity index (χ4n) is 2.89. The van der Waals surface area contributed by atoms with E-state index in [4.69, 9.17) is 9.47 Å². The molecule has 3 rings (SSSR count). The van der Waals surface area contributed by atoms with Gasteiger partial charge in [-0.2, -0.15) is 5.10 Å². The average molecular weight is 528 g/mol. The van der Waals surface area contributed by atoms with Gasteiger partial charge in [-0.3, -0.25) is 9.59 Å². The molecule has 9 heteroatoms. The summed E-state index contributed by atoms with van der Waals surface area (Å²) in [5, 5.41) is 6.42. The Kier molecular flexibility index (Phi) is 9.16. The van der Waals surface area contributed by atoms with Crippen LogP contribution in [0.5, 0.6) is 11.5 Å². The van der Waals surface area contributed by atoms with Gasteiger partial charge in [-0.1, -0.05) is 40.2 Å². The zero-order valence-corrected chi connectivity index (χ0v) is 20.0. The van der Waals surface area contributed by atoms with Gasteiger partial charge in [-0.05, 0) is 53.6 Å². The Bertz CT molecular complexity index is 1170. The number of hydrogen-bond donors (Lipinski definition) is 2. The Balaban J connectivity index is 1.46. The van der Waals surface area contributed by atoms with Crippen LogP contribution in [0, 0.1) is 5.82 Å². The number of carbonyl (C=O) groups is 2. The molecule has 2 N–H and O–H groups in total. The van der Waals surface area contributed by atoms with Gasteiger partial charge >= 0.3 is 0 Å². The predicted molar refractivity (Wildman–Crippen MR) is 131 cm³/mol. The largest absolute Gasteiger partial charge is 0.493 e. The quantitative estimate of drug-likeness (QED) is 0.301. The molecule has 0 spiro atoms. The monoisotopic (exact) mass is 527 g/mol. The van der Waals surface area contributed by atoms with E-state index in [9.17, 15) is 14.0 Å². The molecule has 176 valence electrons. The minimum atomic E-state index is -0.616. The minimum absolute atomic E-state index is 0.0102. The third-order valence-corrected chi connectivity index (χ3v) is 5.18. The third kappa shape index (κ3) is 7.41. The number of amides is 2. The second kappa shape index (κ2) is 12.5. The Hall–Kier alpha value is -3.72. The summed E-state index contributed by atoms with van der Waals surface area (Å²) in [6, 6.07) is 18.7. The minimum Gasteiger partial charge on any atom is -0.493 e. The van der Waals surface area contributed by atoms with Gasteiger partial charge < -0.3 is 14.8 Å². The zero-order chi connectivity index (χ0) is 24.3. The van der Waals surface area contributed by atoms with Crippen molar-refractivity contribution in [3.05, 3.63) is 93.7 Å². The van der Waals surface area contributed by atoms with Crippen molar-refractivity contribution in [2.75, 3.05) is 13.7 Å². The van der Waals surface area contributed by atoms with Crippen LogP contribution >= 0.6 is 15.9 Å². The maximum atomic E-state index is 13.6. The molecule has 2 amide bonds. The van der Waals surface area contributed by atoms with Crippen LogP contribution in [0.4, 0.5) is 4.39 Å². The SMILES string of the molecule is COc1cc(C=NNC(=O)CCNC(=O)c2ccccc2F)ccc1OCc1ccc(Br)cc1. The van der Waals surface area contributed by atoms with Crippen LogP contribution in [-0.2, 0) is 11.4 Å². The smallest absolute Gasteiger partial charge is 0.254 e. The summed E-state index contributed by atoms with van der Waals surface area (Å²) >= 11 is 3.40. The number of carbonyl (C=O) groups excluding carboxylic acids is 2. The van der Waals surface area contributed by atoms with Crippen molar-refractivity contribution >= 4 is 34.0 Å². The Morgan fingerprint density at radius 3 is 2.56 bits per heavy atom. The van der Waals surface area contributed by atoms with Gasteiger partial charge in [0, 0.05) is 17.4 Å². The Morgan fingerprint density at radius 2 is 1.82 bits per heavy atom. The first-order chi connectivity index (χ1) is 16.5. The Labute approximate surface area is 205 Å². The lowest BCUT2D eigenvalue weighted by molar-refractivity contribution is -0.120. The first-order valence-corrected chi connectivity index (χ1v) is 11.2. The molecule has 0 bridgehead atoms. The van der Waals surface area contributed by atoms with Gasteiger partial charge in [0.25, 0.3) is 5.91 Å². The third-order valence-electron chi connectivity index (χ3n) is 4.65. The van der Waals surface area contributed by atoms with Crippen LogP contribution < -0.4 is 20.2 Å². The summed E-state index contributed by atoms with van der Waals surface area (Å²) < 4.78 is 25.8. The van der Waals surface area contributed by atoms with Crippen LogP contribution in [-0.4, -0.2) is 31.7 Å². The number of ether oxygens (including phenoxy) is 2. The van der Waals surface area contributed by atoms with E-state index in [1.54, 1.807) is 31.4 Å². The molecule has 0 heterocycles. The maximum Gasteiger partial charge on any atom is 0.254 e. The van der Waals surface area contributed by atoms with Crippen molar-refractivity contribution < 1.29 is 23.5 Å². The van der Waals surface area contributed by atoms with Crippen LogP contribution in [0.25, 0.3) is 0 Å². The first-order valence-electron chi connectivity index (χ1n) is 10.4. The molecule has 3 aromatic carbocycles. The van der Waals surface area contributed by atoms with Crippen LogP contribution in [0.2, 0.25) is 0 Å². The van der Waals surface area contributed by atoms with Gasteiger partial charge in [-0.25, -0.2) is 9.82 Å². The van der Waals surface area contributed by atoms with Crippen LogP contribution in [0.1, 0.15) is 27.9 Å². The van der Waals surface area contributed by atoms with E-state index in [1.807, 2.05) is 24.3 Å². The highest BCUT2D eigenvalue weighted by Crippen LogP contribution is 2.28. The number of hydrogen-bond acceptors (Lipinski definition) is 5. The summed E-state index contributed by atoms with van der Waals surface area (Å²) in [5.41, 5.74) is 4.03. The normalized spacial score (nSPS) is 10.7. The van der Waals surface area contributed by atoms with Gasteiger partial charge in [0.05, 0.1) is 18.9 Å². The molecular formula is C25H23BrFN3O4. The predicted octanol–water partition coefficient (Wildman–Crippen LogP) is 4.45. The standard InChI is InChI=1S/C25H23BrFN3O4/c1-33-23-14-18(8-11-22(23)34-16-17-6-9-19(26)10-7-17)15-29-30-24(31)12-13-28-25(32)20-4-2-3-5-21(20)27/h2-11,14-15H,12-13,16H2,1H3,(H,28,32)(H,30,31). The molecule has 0 fully saturated rings. The van der Waals surface area contributed by atoms with E-state index in [-0.39, 0.29) is 18.5 Å². The molecule has 34 heavy (non-hydrogen) atoms. The fourth-order valence-corrected chi connectivity index (χ4v) is 3.15. The lowest BCUT2D eigenvalue weighted by Gasteiger charge is -2.11. The molecule has 0 aliphatic heterocycles. The van der Waals surface area contributed by atoms with E-state index in [0.717, 1.165) is 10.0 Å². The molecule has 0 aliphatic carbocycles. The molecular weight excluding hydrogens is 505 g/mol. The molecule has 0 radical (unpaired) electrons. The zero-order valence-electron chi connectivity index (χ0n) is 18.4. The number of nitrogens with zero attached hydrogens (tertiary/aromatic N) is 1. The summed E-state index contributed by atoms with van der Waals surface area (Å²) in [5.74, 6) is -0.481. The summed E-state index contributed by atoms with van der Waals surface area (Å²) in [6.07, 6.45) is 1.46. The van der Waals surface area contributed by atoms with E-state index >= 15 is 0 Å². The lowest BCUT2D eigenvalue weighted by Crippen LogP contribution is -2.29. The first kappa shape index (κ1) is 24.9. The number of nitrogens with one attached hydrogen (secondary N) is 2. The van der Waals surface area contributed by atoms with Crippen molar-refractivity contribution in [2.24, 2.45) is 5.10 Å². The van der Waals surface area contributed by atoms with Crippen LogP contribution in [0.3, 0.4) is 0 Å². The van der Waals surface area contributed by atoms with E-state index < -0.39 is 17.6 Å². The number of benzene rings is 3. The highest BCUT2D eigenvalue weighted by molar-refractivity contribution is 9.10. The van der Waals surface area contributed by atoms with E-state index in [2.05, 4.69) is 31.8 Å².